The zero-order valence-electron chi connectivity index (χ0n) is 8.88. The van der Waals surface area contributed by atoms with E-state index in [0.717, 1.165) is 19.6 Å². The zero-order valence-corrected chi connectivity index (χ0v) is 8.88. The van der Waals surface area contributed by atoms with E-state index in [0.29, 0.717) is 13.2 Å². The van der Waals surface area contributed by atoms with E-state index in [1.807, 2.05) is 7.05 Å². The Labute approximate surface area is 84.8 Å². The number of hydrogen-bond donors (Lipinski definition) is 2. The van der Waals surface area contributed by atoms with E-state index in [-0.39, 0.29) is 11.9 Å². The number of ether oxygens (including phenoxy) is 1. The highest BCUT2D eigenvalue weighted by atomic mass is 16.5. The van der Waals surface area contributed by atoms with Gasteiger partial charge in [0.2, 0.25) is 5.91 Å². The third-order valence-corrected chi connectivity index (χ3v) is 2.42. The molecule has 0 saturated carbocycles. The molecule has 0 aliphatic carbocycles. The second-order valence-electron chi connectivity index (χ2n) is 3.48. The van der Waals surface area contributed by atoms with Gasteiger partial charge < -0.3 is 15.4 Å². The molecule has 0 bridgehead atoms. The topological polar surface area (TPSA) is 53.6 Å². The van der Waals surface area contributed by atoms with Crippen LogP contribution in [-0.2, 0) is 9.53 Å². The largest absolute Gasteiger partial charge is 0.383 e. The fraction of sp³-hybridized carbons (Fsp3) is 0.889. The normalized spacial score (nSPS) is 23.4. The number of carbonyl (C=O) groups is 1. The Morgan fingerprint density at radius 3 is 3.14 bits per heavy atom. The number of methoxy groups -OCH3 is 1. The molecule has 5 heteroatoms. The van der Waals surface area contributed by atoms with Crippen LogP contribution in [0.4, 0.5) is 0 Å². The van der Waals surface area contributed by atoms with Crippen molar-refractivity contribution in [2.45, 2.75) is 6.04 Å². The van der Waals surface area contributed by atoms with Gasteiger partial charge in [-0.15, -0.1) is 0 Å². The molecule has 2 N–H and O–H groups in total. The molecule has 82 valence electrons. The lowest BCUT2D eigenvalue weighted by atomic mass is 10.2. The van der Waals surface area contributed by atoms with E-state index in [2.05, 4.69) is 15.5 Å². The SMILES string of the molecule is COCCNC(=O)C1CNCCN1C. The standard InChI is InChI=1S/C9H19N3O2/c1-12-5-3-10-7-8(12)9(13)11-4-6-14-2/h8,10H,3-7H2,1-2H3,(H,11,13). The fourth-order valence-electron chi connectivity index (χ4n) is 1.49. The van der Waals surface area contributed by atoms with Crippen molar-refractivity contribution in [3.05, 3.63) is 0 Å². The highest BCUT2D eigenvalue weighted by Crippen LogP contribution is 1.99. The van der Waals surface area contributed by atoms with E-state index < -0.39 is 0 Å². The molecule has 0 radical (unpaired) electrons. The van der Waals surface area contributed by atoms with Gasteiger partial charge in [-0.2, -0.15) is 0 Å². The Balaban J connectivity index is 2.27. The second kappa shape index (κ2) is 5.95. The first-order valence-corrected chi connectivity index (χ1v) is 4.93. The van der Waals surface area contributed by atoms with E-state index in [4.69, 9.17) is 4.74 Å². The third-order valence-electron chi connectivity index (χ3n) is 2.42. The summed E-state index contributed by atoms with van der Waals surface area (Å²) in [6.07, 6.45) is 0. The molecule has 1 atom stereocenters. The molecule has 1 aliphatic rings. The molecule has 1 aliphatic heterocycles. The zero-order chi connectivity index (χ0) is 10.4. The van der Waals surface area contributed by atoms with Crippen molar-refractivity contribution in [2.75, 3.05) is 46.9 Å². The summed E-state index contributed by atoms with van der Waals surface area (Å²) in [6, 6.07) is -0.0411. The average Bonchev–Trinajstić information content (AvgIpc) is 2.18. The van der Waals surface area contributed by atoms with Gasteiger partial charge in [-0.05, 0) is 7.05 Å². The molecule has 1 saturated heterocycles. The molecule has 0 aromatic heterocycles. The summed E-state index contributed by atoms with van der Waals surface area (Å²) in [6.45, 7) is 3.76. The van der Waals surface area contributed by atoms with Gasteiger partial charge in [0, 0.05) is 33.3 Å². The summed E-state index contributed by atoms with van der Waals surface area (Å²) in [4.78, 5) is 13.7. The van der Waals surface area contributed by atoms with Crippen LogP contribution >= 0.6 is 0 Å². The quantitative estimate of drug-likeness (QED) is 0.552. The van der Waals surface area contributed by atoms with Crippen LogP contribution in [0.3, 0.4) is 0 Å². The lowest BCUT2D eigenvalue weighted by molar-refractivity contribution is -0.126. The summed E-state index contributed by atoms with van der Waals surface area (Å²) >= 11 is 0. The Bertz CT molecular complexity index is 187. The van der Waals surface area contributed by atoms with Crippen LogP contribution in [0.25, 0.3) is 0 Å². The van der Waals surface area contributed by atoms with Crippen LogP contribution in [0.1, 0.15) is 0 Å². The first kappa shape index (κ1) is 11.4. The monoisotopic (exact) mass is 201 g/mol. The molecule has 5 nitrogen and oxygen atoms in total. The first-order valence-electron chi connectivity index (χ1n) is 4.93. The highest BCUT2D eigenvalue weighted by molar-refractivity contribution is 5.82. The minimum absolute atomic E-state index is 0.0411. The molecule has 1 unspecified atom stereocenters. The van der Waals surface area contributed by atoms with E-state index in [1.54, 1.807) is 7.11 Å². The number of hydrogen-bond acceptors (Lipinski definition) is 4. The van der Waals surface area contributed by atoms with Gasteiger partial charge >= 0.3 is 0 Å². The number of nitrogens with one attached hydrogen (secondary N) is 2. The van der Waals surface area contributed by atoms with Crippen LogP contribution in [0.5, 0.6) is 0 Å². The van der Waals surface area contributed by atoms with Crippen molar-refractivity contribution in [3.63, 3.8) is 0 Å². The number of likely N-dealkylation sites (N-methyl/N-ethyl adjacent to an activating group) is 1. The van der Waals surface area contributed by atoms with Crippen molar-refractivity contribution < 1.29 is 9.53 Å². The summed E-state index contributed by atoms with van der Waals surface area (Å²) in [5, 5.41) is 6.04. The summed E-state index contributed by atoms with van der Waals surface area (Å²) in [5.74, 6) is 0.0803. The van der Waals surface area contributed by atoms with Crippen LogP contribution in [0.2, 0.25) is 0 Å². The second-order valence-corrected chi connectivity index (χ2v) is 3.48. The maximum absolute atomic E-state index is 11.6. The minimum atomic E-state index is -0.0411. The molecule has 1 amide bonds. The van der Waals surface area contributed by atoms with Crippen LogP contribution in [0, 0.1) is 0 Å². The smallest absolute Gasteiger partial charge is 0.238 e. The number of rotatable bonds is 4. The van der Waals surface area contributed by atoms with E-state index in [1.165, 1.54) is 0 Å². The van der Waals surface area contributed by atoms with Crippen LogP contribution in [-0.4, -0.2) is 63.8 Å². The summed E-state index contributed by atoms with van der Waals surface area (Å²) in [7, 11) is 3.60. The molecule has 14 heavy (non-hydrogen) atoms. The Morgan fingerprint density at radius 2 is 2.50 bits per heavy atom. The Hall–Kier alpha value is -0.650. The van der Waals surface area contributed by atoms with E-state index in [9.17, 15) is 4.79 Å². The molecule has 0 aromatic carbocycles. The van der Waals surface area contributed by atoms with Gasteiger partial charge in [-0.3, -0.25) is 9.69 Å². The molecular formula is C9H19N3O2. The van der Waals surface area contributed by atoms with Crippen molar-refractivity contribution in [3.8, 4) is 0 Å². The molecule has 0 aromatic rings. The van der Waals surface area contributed by atoms with Gasteiger partial charge in [-0.1, -0.05) is 0 Å². The predicted molar refractivity (Wildman–Crippen MR) is 54.2 cm³/mol. The van der Waals surface area contributed by atoms with Gasteiger partial charge in [-0.25, -0.2) is 0 Å². The highest BCUT2D eigenvalue weighted by Gasteiger charge is 2.24. The fourth-order valence-corrected chi connectivity index (χ4v) is 1.49. The van der Waals surface area contributed by atoms with Crippen molar-refractivity contribution in [1.29, 1.82) is 0 Å². The minimum Gasteiger partial charge on any atom is -0.383 e. The number of piperazine rings is 1. The van der Waals surface area contributed by atoms with E-state index >= 15 is 0 Å². The maximum Gasteiger partial charge on any atom is 0.238 e. The van der Waals surface area contributed by atoms with Crippen molar-refractivity contribution in [2.24, 2.45) is 0 Å². The van der Waals surface area contributed by atoms with Gasteiger partial charge in [0.25, 0.3) is 0 Å². The molecule has 1 heterocycles. The average molecular weight is 201 g/mol. The number of nitrogens with zero attached hydrogens (tertiary/aromatic N) is 1. The van der Waals surface area contributed by atoms with Gasteiger partial charge in [0.15, 0.2) is 0 Å². The van der Waals surface area contributed by atoms with Crippen molar-refractivity contribution in [1.82, 2.24) is 15.5 Å². The van der Waals surface area contributed by atoms with Gasteiger partial charge in [0.05, 0.1) is 6.61 Å². The lowest BCUT2D eigenvalue weighted by Gasteiger charge is -2.31. The number of amides is 1. The first-order chi connectivity index (χ1) is 6.75. The summed E-state index contributed by atoms with van der Waals surface area (Å²) in [5.41, 5.74) is 0. The Kier molecular flexibility index (Phi) is 4.86. The molecule has 1 rings (SSSR count). The molecule has 0 spiro atoms. The van der Waals surface area contributed by atoms with Crippen molar-refractivity contribution >= 4 is 5.91 Å². The van der Waals surface area contributed by atoms with Gasteiger partial charge in [0.1, 0.15) is 6.04 Å². The Morgan fingerprint density at radius 1 is 1.71 bits per heavy atom. The number of carbonyl (C=O) groups excluding carboxylic acids is 1. The molecular weight excluding hydrogens is 182 g/mol. The van der Waals surface area contributed by atoms with Crippen LogP contribution in [0.15, 0.2) is 0 Å². The third kappa shape index (κ3) is 3.25. The molecule has 1 fully saturated rings. The predicted octanol–water partition coefficient (Wildman–Crippen LogP) is -1.35. The summed E-state index contributed by atoms with van der Waals surface area (Å²) < 4.78 is 4.86. The lowest BCUT2D eigenvalue weighted by Crippen LogP contribution is -2.56. The van der Waals surface area contributed by atoms with Crippen LogP contribution < -0.4 is 10.6 Å². The maximum atomic E-state index is 11.6.